The van der Waals surface area contributed by atoms with Gasteiger partial charge >= 0.3 is 5.97 Å². The first-order chi connectivity index (χ1) is 9.54. The van der Waals surface area contributed by atoms with Crippen LogP contribution < -0.4 is 4.90 Å². The molecule has 0 radical (unpaired) electrons. The molecule has 1 aromatic rings. The summed E-state index contributed by atoms with van der Waals surface area (Å²) < 4.78 is 5.09. The molecule has 104 valence electrons. The number of carboxylic acids is 1. The standard InChI is InChI=1S/C11H10N4O5/c12-4-7-3-8(15(18)19)5-13-10(7)14-1-2-20-6-9(14)11(16)17/h3,5,9H,1-2,6H2,(H,16,17). The van der Waals surface area contributed by atoms with E-state index in [-0.39, 0.29) is 30.2 Å². The number of pyridine rings is 1. The van der Waals surface area contributed by atoms with Gasteiger partial charge in [-0.05, 0) is 0 Å². The maximum absolute atomic E-state index is 11.2. The van der Waals surface area contributed by atoms with Crippen molar-refractivity contribution >= 4 is 17.5 Å². The summed E-state index contributed by atoms with van der Waals surface area (Å²) in [5, 5.41) is 28.9. The van der Waals surface area contributed by atoms with E-state index < -0.39 is 16.9 Å². The lowest BCUT2D eigenvalue weighted by Gasteiger charge is -2.33. The maximum atomic E-state index is 11.2. The number of nitrogens with zero attached hydrogens (tertiary/aromatic N) is 4. The molecule has 1 aliphatic rings. The van der Waals surface area contributed by atoms with Crippen LogP contribution in [-0.2, 0) is 9.53 Å². The van der Waals surface area contributed by atoms with E-state index >= 15 is 0 Å². The number of hydrogen-bond acceptors (Lipinski definition) is 7. The SMILES string of the molecule is N#Cc1cc([N+](=O)[O-])cnc1N1CCOCC1C(=O)O. The van der Waals surface area contributed by atoms with E-state index in [2.05, 4.69) is 4.98 Å². The lowest BCUT2D eigenvalue weighted by atomic mass is 10.1. The number of anilines is 1. The lowest BCUT2D eigenvalue weighted by Crippen LogP contribution is -2.50. The second kappa shape index (κ2) is 5.50. The van der Waals surface area contributed by atoms with Crippen molar-refractivity contribution in [1.29, 1.82) is 5.26 Å². The topological polar surface area (TPSA) is 130 Å². The summed E-state index contributed by atoms with van der Waals surface area (Å²) in [7, 11) is 0. The average Bonchev–Trinajstić information content (AvgIpc) is 2.46. The fourth-order valence-electron chi connectivity index (χ4n) is 1.92. The maximum Gasteiger partial charge on any atom is 0.328 e. The molecule has 20 heavy (non-hydrogen) atoms. The Labute approximate surface area is 113 Å². The predicted molar refractivity (Wildman–Crippen MR) is 65.2 cm³/mol. The summed E-state index contributed by atoms with van der Waals surface area (Å²) in [6, 6.07) is 1.92. The second-order valence-corrected chi connectivity index (χ2v) is 4.06. The molecule has 1 N–H and O–H groups in total. The van der Waals surface area contributed by atoms with Crippen LogP contribution in [0.3, 0.4) is 0 Å². The molecule has 1 aliphatic heterocycles. The Kier molecular flexibility index (Phi) is 3.76. The number of carboxylic acid groups (broad SMARTS) is 1. The van der Waals surface area contributed by atoms with Crippen LogP contribution in [0.15, 0.2) is 12.3 Å². The lowest BCUT2D eigenvalue weighted by molar-refractivity contribution is -0.385. The highest BCUT2D eigenvalue weighted by molar-refractivity contribution is 5.79. The molecule has 9 heteroatoms. The van der Waals surface area contributed by atoms with Crippen LogP contribution in [0.1, 0.15) is 5.56 Å². The van der Waals surface area contributed by atoms with Crippen molar-refractivity contribution in [3.8, 4) is 6.07 Å². The monoisotopic (exact) mass is 278 g/mol. The summed E-state index contributed by atoms with van der Waals surface area (Å²) in [4.78, 5) is 26.4. The largest absolute Gasteiger partial charge is 0.480 e. The van der Waals surface area contributed by atoms with Gasteiger partial charge in [0, 0.05) is 12.6 Å². The number of aliphatic carboxylic acids is 1. The van der Waals surface area contributed by atoms with Gasteiger partial charge in [-0.2, -0.15) is 5.26 Å². The normalized spacial score (nSPS) is 18.4. The Morgan fingerprint density at radius 2 is 2.45 bits per heavy atom. The van der Waals surface area contributed by atoms with Gasteiger partial charge in [0.25, 0.3) is 5.69 Å². The smallest absolute Gasteiger partial charge is 0.328 e. The number of nitro groups is 1. The summed E-state index contributed by atoms with van der Waals surface area (Å²) >= 11 is 0. The first kappa shape index (κ1) is 13.7. The quantitative estimate of drug-likeness (QED) is 0.610. The van der Waals surface area contributed by atoms with Crippen molar-refractivity contribution in [3.63, 3.8) is 0 Å². The minimum Gasteiger partial charge on any atom is -0.480 e. The molecule has 1 saturated heterocycles. The Hall–Kier alpha value is -2.73. The Bertz CT molecular complexity index is 597. The predicted octanol–water partition coefficient (Wildman–Crippen LogP) is 0.151. The van der Waals surface area contributed by atoms with Crippen LogP contribution in [0.5, 0.6) is 0 Å². The highest BCUT2D eigenvalue weighted by Gasteiger charge is 2.32. The molecule has 1 unspecified atom stereocenters. The van der Waals surface area contributed by atoms with E-state index in [9.17, 15) is 14.9 Å². The summed E-state index contributed by atoms with van der Waals surface area (Å²) in [6.07, 6.45) is 1.00. The highest BCUT2D eigenvalue weighted by atomic mass is 16.6. The molecule has 0 saturated carbocycles. The number of morpholine rings is 1. The van der Waals surface area contributed by atoms with Gasteiger partial charge in [-0.1, -0.05) is 0 Å². The van der Waals surface area contributed by atoms with E-state index in [1.54, 1.807) is 6.07 Å². The first-order valence-corrected chi connectivity index (χ1v) is 5.66. The number of ether oxygens (including phenoxy) is 1. The zero-order valence-corrected chi connectivity index (χ0v) is 10.2. The number of carbonyl (C=O) groups is 1. The molecule has 0 bridgehead atoms. The van der Waals surface area contributed by atoms with Crippen LogP contribution >= 0.6 is 0 Å². The third-order valence-electron chi connectivity index (χ3n) is 2.87. The molecule has 0 aliphatic carbocycles. The van der Waals surface area contributed by atoms with E-state index in [1.807, 2.05) is 0 Å². The zero-order valence-electron chi connectivity index (χ0n) is 10.2. The fraction of sp³-hybridized carbons (Fsp3) is 0.364. The Morgan fingerprint density at radius 3 is 3.05 bits per heavy atom. The van der Waals surface area contributed by atoms with Gasteiger partial charge in [-0.15, -0.1) is 0 Å². The molecular weight excluding hydrogens is 268 g/mol. The van der Waals surface area contributed by atoms with Gasteiger partial charge in [0.15, 0.2) is 6.04 Å². The molecule has 0 aromatic carbocycles. The van der Waals surface area contributed by atoms with Gasteiger partial charge in [0.05, 0.1) is 18.1 Å². The van der Waals surface area contributed by atoms with Gasteiger partial charge in [-0.3, -0.25) is 10.1 Å². The summed E-state index contributed by atoms with van der Waals surface area (Å²) in [6.45, 7) is 0.517. The highest BCUT2D eigenvalue weighted by Crippen LogP contribution is 2.24. The van der Waals surface area contributed by atoms with Crippen LogP contribution in [0.2, 0.25) is 0 Å². The zero-order chi connectivity index (χ0) is 14.7. The molecule has 9 nitrogen and oxygen atoms in total. The number of rotatable bonds is 3. The van der Waals surface area contributed by atoms with Gasteiger partial charge < -0.3 is 14.7 Å². The van der Waals surface area contributed by atoms with Crippen LogP contribution in [0, 0.1) is 21.4 Å². The van der Waals surface area contributed by atoms with Crippen molar-refractivity contribution in [2.45, 2.75) is 6.04 Å². The van der Waals surface area contributed by atoms with E-state index in [1.165, 1.54) is 4.90 Å². The van der Waals surface area contributed by atoms with E-state index in [0.717, 1.165) is 12.3 Å². The van der Waals surface area contributed by atoms with Gasteiger partial charge in [0.1, 0.15) is 23.6 Å². The molecule has 0 amide bonds. The minimum atomic E-state index is -1.10. The van der Waals surface area contributed by atoms with Gasteiger partial charge in [0.2, 0.25) is 0 Å². The van der Waals surface area contributed by atoms with Crippen LogP contribution in [0.25, 0.3) is 0 Å². The molecule has 0 spiro atoms. The van der Waals surface area contributed by atoms with Crippen LogP contribution in [-0.4, -0.2) is 46.8 Å². The average molecular weight is 278 g/mol. The number of aromatic nitrogens is 1. The molecule has 1 aromatic heterocycles. The summed E-state index contributed by atoms with van der Waals surface area (Å²) in [5.41, 5.74) is -0.349. The molecule has 1 atom stereocenters. The Balaban J connectivity index is 2.43. The molecule has 2 rings (SSSR count). The van der Waals surface area contributed by atoms with Crippen molar-refractivity contribution in [3.05, 3.63) is 27.9 Å². The van der Waals surface area contributed by atoms with Crippen LogP contribution in [0.4, 0.5) is 11.5 Å². The van der Waals surface area contributed by atoms with E-state index in [0.29, 0.717) is 6.61 Å². The number of nitriles is 1. The molecule has 2 heterocycles. The molecular formula is C11H10N4O5. The van der Waals surface area contributed by atoms with Crippen molar-refractivity contribution < 1.29 is 19.6 Å². The van der Waals surface area contributed by atoms with E-state index in [4.69, 9.17) is 15.1 Å². The summed E-state index contributed by atoms with van der Waals surface area (Å²) in [5.74, 6) is -0.984. The number of hydrogen-bond donors (Lipinski definition) is 1. The van der Waals surface area contributed by atoms with Crippen molar-refractivity contribution in [2.75, 3.05) is 24.7 Å². The second-order valence-electron chi connectivity index (χ2n) is 4.06. The van der Waals surface area contributed by atoms with Gasteiger partial charge in [-0.25, -0.2) is 9.78 Å². The Morgan fingerprint density at radius 1 is 1.70 bits per heavy atom. The van der Waals surface area contributed by atoms with Crippen molar-refractivity contribution in [1.82, 2.24) is 4.98 Å². The van der Waals surface area contributed by atoms with Crippen molar-refractivity contribution in [2.24, 2.45) is 0 Å². The third-order valence-corrected chi connectivity index (χ3v) is 2.87. The fourth-order valence-corrected chi connectivity index (χ4v) is 1.92. The minimum absolute atomic E-state index is 0.0289. The molecule has 1 fully saturated rings. The third kappa shape index (κ3) is 2.50. The first-order valence-electron chi connectivity index (χ1n) is 5.66.